The van der Waals surface area contributed by atoms with E-state index in [-0.39, 0.29) is 6.04 Å². The van der Waals surface area contributed by atoms with Gasteiger partial charge in [0.1, 0.15) is 5.75 Å². The number of rotatable bonds is 3. The van der Waals surface area contributed by atoms with Crippen LogP contribution in [0, 0.1) is 0 Å². The maximum Gasteiger partial charge on any atom is 0.188 e. The van der Waals surface area contributed by atoms with Crippen LogP contribution in [-0.4, -0.2) is 24.3 Å². The van der Waals surface area contributed by atoms with Crippen molar-refractivity contribution in [1.29, 1.82) is 0 Å². The van der Waals surface area contributed by atoms with Gasteiger partial charge in [-0.2, -0.15) is 0 Å². The van der Waals surface area contributed by atoms with Gasteiger partial charge in [0.05, 0.1) is 18.8 Å². The number of hydrazine groups is 1. The molecule has 6 heteroatoms. The van der Waals surface area contributed by atoms with Crippen LogP contribution in [0.2, 0.25) is 0 Å². The first-order valence-electron chi connectivity index (χ1n) is 7.51. The number of methoxy groups -OCH3 is 1. The summed E-state index contributed by atoms with van der Waals surface area (Å²) in [6.45, 7) is 0. The van der Waals surface area contributed by atoms with Crippen LogP contribution < -0.4 is 15.5 Å². The molecule has 0 spiro atoms. The molecule has 0 saturated heterocycles. The third-order valence-electron chi connectivity index (χ3n) is 3.89. The first kappa shape index (κ1) is 16.8. The summed E-state index contributed by atoms with van der Waals surface area (Å²) < 4.78 is 6.30. The van der Waals surface area contributed by atoms with E-state index in [0.29, 0.717) is 5.11 Å². The lowest BCUT2D eigenvalue weighted by Gasteiger charge is -2.27. The molecule has 124 valence electrons. The molecule has 4 nitrogen and oxygen atoms in total. The Hall–Kier alpha value is -2.05. The lowest BCUT2D eigenvalue weighted by Crippen LogP contribution is -2.44. The zero-order chi connectivity index (χ0) is 17.1. The second kappa shape index (κ2) is 7.23. The SMILES string of the molecule is CNC(=S)N1NC(c2ccc(Br)cc2)=C[C@@H]1c1ccc(OC)cc1. The summed E-state index contributed by atoms with van der Waals surface area (Å²) in [4.78, 5) is 0. The quantitative estimate of drug-likeness (QED) is 0.760. The van der Waals surface area contributed by atoms with Crippen LogP contribution in [-0.2, 0) is 0 Å². The summed E-state index contributed by atoms with van der Waals surface area (Å²) in [5.74, 6) is 0.838. The van der Waals surface area contributed by atoms with E-state index >= 15 is 0 Å². The Morgan fingerprint density at radius 3 is 2.42 bits per heavy atom. The zero-order valence-electron chi connectivity index (χ0n) is 13.4. The molecule has 0 saturated carbocycles. The van der Waals surface area contributed by atoms with Crippen molar-refractivity contribution < 1.29 is 4.74 Å². The first-order valence-corrected chi connectivity index (χ1v) is 8.72. The van der Waals surface area contributed by atoms with E-state index in [1.165, 1.54) is 0 Å². The minimum Gasteiger partial charge on any atom is -0.497 e. The zero-order valence-corrected chi connectivity index (χ0v) is 15.8. The van der Waals surface area contributed by atoms with Crippen molar-refractivity contribution in [2.75, 3.05) is 14.2 Å². The molecule has 1 aliphatic heterocycles. The Morgan fingerprint density at radius 2 is 1.83 bits per heavy atom. The summed E-state index contributed by atoms with van der Waals surface area (Å²) >= 11 is 8.92. The smallest absolute Gasteiger partial charge is 0.188 e. The predicted molar refractivity (Wildman–Crippen MR) is 104 cm³/mol. The van der Waals surface area contributed by atoms with Crippen LogP contribution >= 0.6 is 28.1 Å². The van der Waals surface area contributed by atoms with Crippen LogP contribution in [0.4, 0.5) is 0 Å². The molecule has 0 fully saturated rings. The average Bonchev–Trinajstić information content (AvgIpc) is 3.07. The molecule has 0 bridgehead atoms. The third-order valence-corrected chi connectivity index (χ3v) is 4.82. The Morgan fingerprint density at radius 1 is 1.17 bits per heavy atom. The Kier molecular flexibility index (Phi) is 5.06. The molecule has 3 rings (SSSR count). The van der Waals surface area contributed by atoms with E-state index in [0.717, 1.165) is 27.0 Å². The van der Waals surface area contributed by atoms with Crippen molar-refractivity contribution in [3.05, 3.63) is 70.2 Å². The molecular weight excluding hydrogens is 386 g/mol. The number of nitrogens with one attached hydrogen (secondary N) is 2. The van der Waals surface area contributed by atoms with Crippen molar-refractivity contribution in [3.63, 3.8) is 0 Å². The second-order valence-electron chi connectivity index (χ2n) is 5.34. The van der Waals surface area contributed by atoms with E-state index in [1.807, 2.05) is 36.3 Å². The van der Waals surface area contributed by atoms with Gasteiger partial charge in [-0.25, -0.2) is 0 Å². The number of hydrogen-bond donors (Lipinski definition) is 2. The molecule has 24 heavy (non-hydrogen) atoms. The fraction of sp³-hybridized carbons (Fsp3) is 0.167. The van der Waals surface area contributed by atoms with Gasteiger partial charge in [-0.1, -0.05) is 40.2 Å². The highest BCUT2D eigenvalue weighted by atomic mass is 79.9. The Balaban J connectivity index is 1.95. The maximum absolute atomic E-state index is 5.45. The van der Waals surface area contributed by atoms with Gasteiger partial charge in [0.15, 0.2) is 5.11 Å². The van der Waals surface area contributed by atoms with Gasteiger partial charge in [0.25, 0.3) is 0 Å². The van der Waals surface area contributed by atoms with Gasteiger partial charge >= 0.3 is 0 Å². The standard InChI is InChI=1S/C18H18BrN3OS/c1-20-18(24)22-17(13-5-9-15(23-2)10-6-13)11-16(21-22)12-3-7-14(19)8-4-12/h3-11,17,21H,1-2H3,(H,20,24)/t17-/m1/s1. The predicted octanol–water partition coefficient (Wildman–Crippen LogP) is 3.86. The minimum atomic E-state index is 0.00880. The molecule has 0 aliphatic carbocycles. The molecule has 0 radical (unpaired) electrons. The molecule has 0 aromatic heterocycles. The fourth-order valence-electron chi connectivity index (χ4n) is 2.60. The van der Waals surface area contributed by atoms with Crippen LogP contribution in [0.25, 0.3) is 5.70 Å². The number of ether oxygens (including phenoxy) is 1. The fourth-order valence-corrected chi connectivity index (χ4v) is 3.03. The van der Waals surface area contributed by atoms with Crippen molar-refractivity contribution >= 4 is 39.0 Å². The summed E-state index contributed by atoms with van der Waals surface area (Å²) in [6, 6.07) is 16.2. The van der Waals surface area contributed by atoms with Crippen LogP contribution in [0.3, 0.4) is 0 Å². The van der Waals surface area contributed by atoms with E-state index in [4.69, 9.17) is 17.0 Å². The third kappa shape index (κ3) is 3.39. The maximum atomic E-state index is 5.45. The topological polar surface area (TPSA) is 36.5 Å². The summed E-state index contributed by atoms with van der Waals surface area (Å²) in [7, 11) is 3.49. The first-order chi connectivity index (χ1) is 11.6. The summed E-state index contributed by atoms with van der Waals surface area (Å²) in [5, 5.41) is 5.63. The van der Waals surface area contributed by atoms with Gasteiger partial charge < -0.3 is 10.1 Å². The molecule has 1 aliphatic rings. The van der Waals surface area contributed by atoms with E-state index < -0.39 is 0 Å². The average molecular weight is 404 g/mol. The summed E-state index contributed by atoms with van der Waals surface area (Å²) in [5.41, 5.74) is 6.67. The molecular formula is C18H18BrN3OS. The summed E-state index contributed by atoms with van der Waals surface area (Å²) in [6.07, 6.45) is 2.18. The highest BCUT2D eigenvalue weighted by Crippen LogP contribution is 2.32. The number of benzene rings is 2. The number of halogens is 1. The highest BCUT2D eigenvalue weighted by molar-refractivity contribution is 9.10. The van der Waals surface area contributed by atoms with Gasteiger partial charge in [0, 0.05) is 11.5 Å². The number of hydrogen-bond acceptors (Lipinski definition) is 3. The number of nitrogens with zero attached hydrogens (tertiary/aromatic N) is 1. The largest absolute Gasteiger partial charge is 0.497 e. The molecule has 0 amide bonds. The number of thiocarbonyl (C=S) groups is 1. The molecule has 2 aromatic carbocycles. The lowest BCUT2D eigenvalue weighted by atomic mass is 10.0. The van der Waals surface area contributed by atoms with E-state index in [9.17, 15) is 0 Å². The van der Waals surface area contributed by atoms with Crippen molar-refractivity contribution in [1.82, 2.24) is 15.8 Å². The van der Waals surface area contributed by atoms with Gasteiger partial charge in [0.2, 0.25) is 0 Å². The Labute approximate surface area is 155 Å². The molecule has 1 heterocycles. The minimum absolute atomic E-state index is 0.00880. The molecule has 0 unspecified atom stereocenters. The van der Waals surface area contributed by atoms with Gasteiger partial charge in [-0.05, 0) is 53.7 Å². The van der Waals surface area contributed by atoms with Crippen LogP contribution in [0.5, 0.6) is 5.75 Å². The van der Waals surface area contributed by atoms with Gasteiger partial charge in [-0.15, -0.1) is 0 Å². The second-order valence-corrected chi connectivity index (χ2v) is 6.64. The van der Waals surface area contributed by atoms with Crippen molar-refractivity contribution in [3.8, 4) is 5.75 Å². The highest BCUT2D eigenvalue weighted by Gasteiger charge is 2.28. The van der Waals surface area contributed by atoms with Gasteiger partial charge in [-0.3, -0.25) is 10.4 Å². The van der Waals surface area contributed by atoms with Crippen LogP contribution in [0.1, 0.15) is 17.2 Å². The normalized spacial score (nSPS) is 16.4. The molecule has 1 atom stereocenters. The Bertz CT molecular complexity index is 759. The monoisotopic (exact) mass is 403 g/mol. The van der Waals surface area contributed by atoms with Crippen molar-refractivity contribution in [2.45, 2.75) is 6.04 Å². The molecule has 2 N–H and O–H groups in total. The van der Waals surface area contributed by atoms with E-state index in [2.05, 4.69) is 57.0 Å². The van der Waals surface area contributed by atoms with Crippen molar-refractivity contribution in [2.24, 2.45) is 0 Å². The van der Waals surface area contributed by atoms with Crippen LogP contribution in [0.15, 0.2) is 59.1 Å². The molecule has 2 aromatic rings. The van der Waals surface area contributed by atoms with E-state index in [1.54, 1.807) is 7.11 Å². The lowest BCUT2D eigenvalue weighted by molar-refractivity contribution is 0.339.